The van der Waals surface area contributed by atoms with Crippen LogP contribution in [-0.4, -0.2) is 15.8 Å². The van der Waals surface area contributed by atoms with Gasteiger partial charge in [0.1, 0.15) is 0 Å². The van der Waals surface area contributed by atoms with Crippen molar-refractivity contribution >= 4 is 66.7 Å². The second-order valence-electron chi connectivity index (χ2n) is 24.9. The van der Waals surface area contributed by atoms with Gasteiger partial charge in [0.25, 0.3) is 0 Å². The predicted octanol–water partition coefficient (Wildman–Crippen LogP) is 13.8. The van der Waals surface area contributed by atoms with Gasteiger partial charge in [-0.25, -0.2) is 0 Å². The Balaban J connectivity index is 1.38. The number of nitrogens with zero attached hydrogens (tertiary/aromatic N) is 2. The molecule has 0 aliphatic carbocycles. The monoisotopic (exact) mass is 815 g/mol. The van der Waals surface area contributed by atoms with Crippen LogP contribution in [0.5, 0.6) is 0 Å². The molecule has 0 radical (unpaired) electrons. The van der Waals surface area contributed by atoms with E-state index < -0.39 is 0 Å². The molecule has 2 aromatic heterocycles. The zero-order valence-corrected chi connectivity index (χ0v) is 40.7. The van der Waals surface area contributed by atoms with Gasteiger partial charge in [-0.05, 0) is 132 Å². The lowest BCUT2D eigenvalue weighted by molar-refractivity contribution is 0.582. The molecule has 2 nitrogen and oxygen atoms in total. The third kappa shape index (κ3) is 5.89. The fourth-order valence-corrected chi connectivity index (χ4v) is 11.0. The molecule has 0 saturated carbocycles. The van der Waals surface area contributed by atoms with Gasteiger partial charge in [0.05, 0.1) is 16.6 Å². The lowest BCUT2D eigenvalue weighted by Crippen LogP contribution is -2.63. The minimum Gasteiger partial charge on any atom is -0.310 e. The highest BCUT2D eigenvalue weighted by atomic mass is 15.0. The predicted molar refractivity (Wildman–Crippen MR) is 272 cm³/mol. The van der Waals surface area contributed by atoms with Gasteiger partial charge in [0.15, 0.2) is 0 Å². The molecule has 2 aliphatic heterocycles. The van der Waals surface area contributed by atoms with Crippen LogP contribution in [0.2, 0.25) is 0 Å². The van der Waals surface area contributed by atoms with Gasteiger partial charge in [0, 0.05) is 43.9 Å². The van der Waals surface area contributed by atoms with Crippen LogP contribution in [0.3, 0.4) is 0 Å². The third-order valence-electron chi connectivity index (χ3n) is 14.9. The lowest BCUT2D eigenvalue weighted by Gasteiger charge is -2.43. The molecule has 316 valence electrons. The molecule has 0 saturated heterocycles. The Morgan fingerprint density at radius 3 is 1.40 bits per heavy atom. The first-order valence-electron chi connectivity index (χ1n) is 23.2. The van der Waals surface area contributed by atoms with Crippen molar-refractivity contribution in [2.45, 2.75) is 150 Å². The first-order valence-corrected chi connectivity index (χ1v) is 23.2. The minimum absolute atomic E-state index is 0.0222. The molecule has 2 aliphatic rings. The molecule has 62 heavy (non-hydrogen) atoms. The van der Waals surface area contributed by atoms with E-state index in [1.807, 2.05) is 0 Å². The maximum absolute atomic E-state index is 2.67. The highest BCUT2D eigenvalue weighted by Gasteiger charge is 2.47. The molecular weight excluding hydrogens is 747 g/mol. The molecule has 0 spiro atoms. The Hall–Kier alpha value is -5.02. The van der Waals surface area contributed by atoms with Crippen LogP contribution in [0, 0.1) is 0 Å². The standard InChI is InChI=1S/C59H67BN2/c1-54(2,3)34-18-22-39(23-19-34)61-48-24-20-35(55(4,5)6)26-40(48)42-32-46-44(33-50(42)61)59(16,17)45-29-38(58(13,14)15)31-51-52(45)60(46)47-30-37(57(10,11)12)28-43-41-27-36(56(7,8)9)21-25-49(41)62(51)53(43)47/h18-33H,1-17H3. The van der Waals surface area contributed by atoms with Crippen molar-refractivity contribution in [1.82, 2.24) is 9.13 Å². The second-order valence-corrected chi connectivity index (χ2v) is 24.9. The summed E-state index contributed by atoms with van der Waals surface area (Å²) in [6.07, 6.45) is 0. The Kier molecular flexibility index (Phi) is 8.32. The van der Waals surface area contributed by atoms with Crippen molar-refractivity contribution in [3.8, 4) is 11.4 Å². The van der Waals surface area contributed by atoms with Crippen LogP contribution in [0.25, 0.3) is 55.0 Å². The molecule has 10 rings (SSSR count). The number of hydrogen-bond donors (Lipinski definition) is 0. The topological polar surface area (TPSA) is 9.86 Å². The van der Waals surface area contributed by atoms with Gasteiger partial charge in [-0.15, -0.1) is 0 Å². The largest absolute Gasteiger partial charge is 0.310 e. The van der Waals surface area contributed by atoms with Crippen LogP contribution < -0.4 is 16.4 Å². The molecular formula is C59H67BN2. The van der Waals surface area contributed by atoms with Crippen molar-refractivity contribution < 1.29 is 0 Å². The number of hydrogen-bond acceptors (Lipinski definition) is 0. The highest BCUT2D eigenvalue weighted by molar-refractivity contribution is 6.99. The average molecular weight is 815 g/mol. The van der Waals surface area contributed by atoms with Crippen LogP contribution in [0.1, 0.15) is 157 Å². The van der Waals surface area contributed by atoms with Gasteiger partial charge in [-0.1, -0.05) is 166 Å². The quantitative estimate of drug-likeness (QED) is 0.146. The maximum Gasteiger partial charge on any atom is 0.247 e. The van der Waals surface area contributed by atoms with E-state index >= 15 is 0 Å². The van der Waals surface area contributed by atoms with E-state index in [0.29, 0.717) is 0 Å². The molecule has 8 aromatic rings. The van der Waals surface area contributed by atoms with Gasteiger partial charge < -0.3 is 9.13 Å². The average Bonchev–Trinajstić information content (AvgIpc) is 3.67. The van der Waals surface area contributed by atoms with Crippen molar-refractivity contribution in [3.05, 3.63) is 136 Å². The zero-order valence-electron chi connectivity index (χ0n) is 40.7. The number of benzene rings is 6. The zero-order chi connectivity index (χ0) is 44.6. The van der Waals surface area contributed by atoms with Gasteiger partial charge >= 0.3 is 0 Å². The van der Waals surface area contributed by atoms with Gasteiger partial charge in [0.2, 0.25) is 6.71 Å². The lowest BCUT2D eigenvalue weighted by atomic mass is 9.30. The molecule has 0 atom stereocenters. The first kappa shape index (κ1) is 41.0. The molecule has 3 heteroatoms. The summed E-state index contributed by atoms with van der Waals surface area (Å²) in [5.74, 6) is 0. The van der Waals surface area contributed by atoms with E-state index in [1.54, 1.807) is 0 Å². The Morgan fingerprint density at radius 1 is 0.387 bits per heavy atom. The fourth-order valence-electron chi connectivity index (χ4n) is 11.0. The summed E-state index contributed by atoms with van der Waals surface area (Å²) >= 11 is 0. The summed E-state index contributed by atoms with van der Waals surface area (Å²) in [7, 11) is 0. The van der Waals surface area contributed by atoms with E-state index in [4.69, 9.17) is 0 Å². The van der Waals surface area contributed by atoms with Crippen molar-refractivity contribution in [3.63, 3.8) is 0 Å². The summed E-state index contributed by atoms with van der Waals surface area (Å²) in [6.45, 7) is 40.3. The Morgan fingerprint density at radius 2 is 0.855 bits per heavy atom. The highest BCUT2D eigenvalue weighted by Crippen LogP contribution is 2.46. The van der Waals surface area contributed by atoms with E-state index in [1.165, 1.54) is 110 Å². The van der Waals surface area contributed by atoms with Gasteiger partial charge in [-0.2, -0.15) is 0 Å². The first-order chi connectivity index (χ1) is 28.7. The van der Waals surface area contributed by atoms with Crippen molar-refractivity contribution in [2.24, 2.45) is 0 Å². The van der Waals surface area contributed by atoms with Crippen molar-refractivity contribution in [2.75, 3.05) is 0 Å². The number of fused-ring (bicyclic) bond motifs is 10. The van der Waals surface area contributed by atoms with Crippen LogP contribution >= 0.6 is 0 Å². The van der Waals surface area contributed by atoms with E-state index in [2.05, 4.69) is 224 Å². The SMILES string of the molecule is CC(C)(C)c1ccc(-n2c3ccc(C(C)(C)C)cc3c3cc4c(cc32)C(C)(C)c2cc(C(C)(C)C)cc3c2B4c2cc(C(C)(C)C)cc4c5cc(C(C)(C)C)ccc5n-3c24)cc1. The van der Waals surface area contributed by atoms with Gasteiger partial charge in [-0.3, -0.25) is 0 Å². The van der Waals surface area contributed by atoms with E-state index in [9.17, 15) is 0 Å². The van der Waals surface area contributed by atoms with Crippen LogP contribution in [0.15, 0.2) is 97.1 Å². The van der Waals surface area contributed by atoms with Crippen LogP contribution in [0.4, 0.5) is 0 Å². The number of rotatable bonds is 1. The Bertz CT molecular complexity index is 3200. The smallest absolute Gasteiger partial charge is 0.247 e. The minimum atomic E-state index is -0.264. The molecule has 0 unspecified atom stereocenters. The maximum atomic E-state index is 2.67. The normalized spacial score (nSPS) is 15.3. The summed E-state index contributed by atoms with van der Waals surface area (Å²) in [5, 5.41) is 5.40. The summed E-state index contributed by atoms with van der Waals surface area (Å²) in [6, 6.07) is 39.5. The molecule has 6 aromatic carbocycles. The third-order valence-corrected chi connectivity index (χ3v) is 14.9. The Labute approximate surface area is 371 Å². The molecule has 0 bridgehead atoms. The van der Waals surface area contributed by atoms with Crippen LogP contribution in [-0.2, 0) is 32.5 Å². The fraction of sp³-hybridized carbons (Fsp3) is 0.390. The summed E-state index contributed by atoms with van der Waals surface area (Å²) < 4.78 is 5.22. The second kappa shape index (κ2) is 12.6. The summed E-state index contributed by atoms with van der Waals surface area (Å²) in [4.78, 5) is 0. The molecule has 0 N–H and O–H groups in total. The van der Waals surface area contributed by atoms with E-state index in [-0.39, 0.29) is 39.2 Å². The summed E-state index contributed by atoms with van der Waals surface area (Å²) in [5.41, 5.74) is 21.7. The number of aromatic nitrogens is 2. The molecule has 0 amide bonds. The molecule has 0 fully saturated rings. The van der Waals surface area contributed by atoms with E-state index in [0.717, 1.165) is 0 Å². The van der Waals surface area contributed by atoms with Crippen molar-refractivity contribution in [1.29, 1.82) is 0 Å². The molecule has 4 heterocycles.